The van der Waals surface area contributed by atoms with Crippen LogP contribution in [-0.2, 0) is 27.9 Å². The summed E-state index contributed by atoms with van der Waals surface area (Å²) >= 11 is 0. The number of unbranched alkanes of at least 4 members (excludes halogenated alkanes) is 16. The van der Waals surface area contributed by atoms with Crippen LogP contribution < -0.4 is 0 Å². The summed E-state index contributed by atoms with van der Waals surface area (Å²) in [4.78, 5) is 23.2. The summed E-state index contributed by atoms with van der Waals surface area (Å²) in [7, 11) is -5.04. The van der Waals surface area contributed by atoms with Crippen molar-refractivity contribution in [3.8, 4) is 0 Å². The number of phosphoric acid groups is 1. The van der Waals surface area contributed by atoms with Crippen molar-refractivity contribution in [2.75, 3.05) is 19.8 Å². The largest absolute Gasteiger partial charge is 0.472 e. The van der Waals surface area contributed by atoms with Crippen molar-refractivity contribution in [2.24, 2.45) is 0 Å². The van der Waals surface area contributed by atoms with E-state index >= 15 is 0 Å². The number of ether oxygens (including phenoxy) is 2. The van der Waals surface area contributed by atoms with Gasteiger partial charge in [-0.25, -0.2) is 4.57 Å². The number of esters is 1. The number of hydrogen-bond donors (Lipinski definition) is 6. The van der Waals surface area contributed by atoms with Gasteiger partial charge in [0, 0.05) is 13.0 Å². The highest BCUT2D eigenvalue weighted by Gasteiger charge is 2.51. The van der Waals surface area contributed by atoms with Gasteiger partial charge in [0.1, 0.15) is 42.7 Å². The minimum Gasteiger partial charge on any atom is -0.457 e. The minimum atomic E-state index is -5.04. The molecule has 0 saturated heterocycles. The van der Waals surface area contributed by atoms with Crippen LogP contribution in [0.5, 0.6) is 0 Å². The van der Waals surface area contributed by atoms with Gasteiger partial charge in [-0.2, -0.15) is 0 Å². The van der Waals surface area contributed by atoms with E-state index in [1.807, 2.05) is 0 Å². The summed E-state index contributed by atoms with van der Waals surface area (Å²) in [5.74, 6) is -0.507. The molecule has 6 atom stereocenters. The Labute approximate surface area is 399 Å². The van der Waals surface area contributed by atoms with E-state index in [0.717, 1.165) is 96.3 Å². The number of rotatable bonds is 42. The molecule has 6 unspecified atom stereocenters. The molecule has 0 aromatic heterocycles. The molecule has 1 saturated carbocycles. The molecule has 6 N–H and O–H groups in total. The van der Waals surface area contributed by atoms with Crippen LogP contribution >= 0.6 is 7.82 Å². The predicted octanol–water partition coefficient (Wildman–Crippen LogP) is 11.3. The molecular formula is C53H91O12P. The standard InChI is InChI=1S/C53H91O12P/c1-3-5-7-9-11-13-15-17-19-21-22-23-24-25-27-29-31-33-35-37-39-41-43-62-44-46(45-63-66(60,61)65-53-51(58)49(56)48(55)50(57)52(53)59)64-47(54)42-40-38-36-34-32-30-28-26-20-18-16-14-12-10-8-6-4-2/h6,8,12,14-15,17-18,20-22,24-25,28,30,46,48-53,55-59H,3-5,7,9-11,13,16,19,23,26-27,29,31-45H2,1-2H3,(H,60,61)/b8-6-,14-12-,17-15-,20-18-,22-21-,25-24-,30-28-. The number of aliphatic hydroxyl groups is 5. The van der Waals surface area contributed by atoms with Gasteiger partial charge in [-0.1, -0.05) is 170 Å². The van der Waals surface area contributed by atoms with Crippen molar-refractivity contribution in [1.29, 1.82) is 0 Å². The van der Waals surface area contributed by atoms with E-state index in [9.17, 15) is 39.8 Å². The van der Waals surface area contributed by atoms with E-state index < -0.39 is 63.1 Å². The summed E-state index contributed by atoms with van der Waals surface area (Å²) in [6, 6.07) is 0. The molecular weight excluding hydrogens is 860 g/mol. The SMILES string of the molecule is CC/C=C\C/C=C\C/C=C\C/C=C\CCCCCCC(=O)OC(COCCCCCCCCC/C=C\C/C=C\C/C=C\CCCCCCC)COP(=O)(O)OC1C(O)C(O)C(O)C(O)C1O. The first-order valence-corrected chi connectivity index (χ1v) is 26.9. The maximum atomic E-state index is 12.8. The minimum absolute atomic E-state index is 0.0987. The average Bonchev–Trinajstić information content (AvgIpc) is 3.30. The lowest BCUT2D eigenvalue weighted by atomic mass is 9.85. The molecule has 0 aromatic carbocycles. The van der Waals surface area contributed by atoms with E-state index in [0.29, 0.717) is 13.0 Å². The Morgan fingerprint density at radius 3 is 1.36 bits per heavy atom. The number of carbonyl (C=O) groups excluding carboxylic acids is 1. The molecule has 1 aliphatic rings. The fraction of sp³-hybridized carbons (Fsp3) is 0.717. The maximum Gasteiger partial charge on any atom is 0.472 e. The van der Waals surface area contributed by atoms with Gasteiger partial charge in [-0.3, -0.25) is 13.8 Å². The van der Waals surface area contributed by atoms with Crippen LogP contribution in [0.15, 0.2) is 85.1 Å². The highest BCUT2D eigenvalue weighted by Crippen LogP contribution is 2.47. The smallest absolute Gasteiger partial charge is 0.457 e. The third kappa shape index (κ3) is 33.9. The Kier molecular flexibility index (Phi) is 39.7. The topological polar surface area (TPSA) is 192 Å². The molecule has 12 nitrogen and oxygen atoms in total. The van der Waals surface area contributed by atoms with E-state index in [4.69, 9.17) is 18.5 Å². The molecule has 0 radical (unpaired) electrons. The highest BCUT2D eigenvalue weighted by atomic mass is 31.2. The molecule has 1 aliphatic carbocycles. The molecule has 13 heteroatoms. The zero-order valence-corrected chi connectivity index (χ0v) is 41.6. The number of phosphoric ester groups is 1. The number of carbonyl (C=O) groups is 1. The molecule has 1 fully saturated rings. The van der Waals surface area contributed by atoms with Crippen molar-refractivity contribution in [2.45, 2.75) is 224 Å². The third-order valence-electron chi connectivity index (χ3n) is 11.3. The average molecular weight is 951 g/mol. The van der Waals surface area contributed by atoms with E-state index in [-0.39, 0.29) is 13.0 Å². The molecule has 0 bridgehead atoms. The van der Waals surface area contributed by atoms with Gasteiger partial charge in [0.05, 0.1) is 13.2 Å². The van der Waals surface area contributed by atoms with Gasteiger partial charge in [-0.15, -0.1) is 0 Å². The zero-order valence-electron chi connectivity index (χ0n) is 40.7. The second-order valence-corrected chi connectivity index (χ2v) is 18.7. The Morgan fingerprint density at radius 1 is 0.500 bits per heavy atom. The van der Waals surface area contributed by atoms with Gasteiger partial charge >= 0.3 is 13.8 Å². The summed E-state index contributed by atoms with van der Waals surface area (Å²) < 4.78 is 34.2. The van der Waals surface area contributed by atoms with Crippen molar-refractivity contribution in [3.05, 3.63) is 85.1 Å². The van der Waals surface area contributed by atoms with Crippen molar-refractivity contribution in [1.82, 2.24) is 0 Å². The van der Waals surface area contributed by atoms with E-state index in [1.54, 1.807) is 0 Å². The lowest BCUT2D eigenvalue weighted by molar-refractivity contribution is -0.220. The Hall–Kier alpha value is -2.48. The number of aliphatic hydroxyl groups excluding tert-OH is 5. The molecule has 0 spiro atoms. The normalized spacial score (nSPS) is 22.1. The first-order chi connectivity index (χ1) is 32.0. The second kappa shape index (κ2) is 42.6. The number of hydrogen-bond acceptors (Lipinski definition) is 11. The zero-order chi connectivity index (χ0) is 48.4. The Morgan fingerprint density at radius 2 is 0.894 bits per heavy atom. The fourth-order valence-electron chi connectivity index (χ4n) is 7.24. The Bertz CT molecular complexity index is 1410. The van der Waals surface area contributed by atoms with Gasteiger partial charge in [0.2, 0.25) is 0 Å². The quantitative estimate of drug-likeness (QED) is 0.0147. The first kappa shape index (κ1) is 61.5. The van der Waals surface area contributed by atoms with Crippen LogP contribution in [0.3, 0.4) is 0 Å². The van der Waals surface area contributed by atoms with Crippen molar-refractivity contribution in [3.63, 3.8) is 0 Å². The van der Waals surface area contributed by atoms with Crippen LogP contribution in [-0.4, -0.2) is 98.9 Å². The van der Waals surface area contributed by atoms with Crippen LogP contribution in [0.1, 0.15) is 181 Å². The number of allylic oxidation sites excluding steroid dienone is 14. The van der Waals surface area contributed by atoms with Crippen molar-refractivity contribution < 1.29 is 58.3 Å². The lowest BCUT2D eigenvalue weighted by Gasteiger charge is -2.41. The molecule has 0 heterocycles. The van der Waals surface area contributed by atoms with Crippen LogP contribution in [0.2, 0.25) is 0 Å². The third-order valence-corrected chi connectivity index (χ3v) is 12.2. The van der Waals surface area contributed by atoms with Crippen molar-refractivity contribution >= 4 is 13.8 Å². The first-order valence-electron chi connectivity index (χ1n) is 25.4. The molecule has 66 heavy (non-hydrogen) atoms. The van der Waals surface area contributed by atoms with Gasteiger partial charge in [0.15, 0.2) is 0 Å². The van der Waals surface area contributed by atoms with E-state index in [2.05, 4.69) is 98.9 Å². The molecule has 1 rings (SSSR count). The second-order valence-electron chi connectivity index (χ2n) is 17.3. The molecule has 0 amide bonds. The summed E-state index contributed by atoms with van der Waals surface area (Å²) in [5, 5.41) is 50.3. The summed E-state index contributed by atoms with van der Waals surface area (Å²) in [6.07, 6.45) is 45.0. The summed E-state index contributed by atoms with van der Waals surface area (Å²) in [6.45, 7) is 4.08. The van der Waals surface area contributed by atoms with Gasteiger partial charge in [-0.05, 0) is 89.9 Å². The molecule has 0 aliphatic heterocycles. The molecule has 380 valence electrons. The van der Waals surface area contributed by atoms with Crippen LogP contribution in [0.4, 0.5) is 0 Å². The predicted molar refractivity (Wildman–Crippen MR) is 267 cm³/mol. The van der Waals surface area contributed by atoms with Gasteiger partial charge in [0.25, 0.3) is 0 Å². The van der Waals surface area contributed by atoms with Crippen LogP contribution in [0, 0.1) is 0 Å². The molecule has 0 aromatic rings. The maximum absolute atomic E-state index is 12.8. The summed E-state index contributed by atoms with van der Waals surface area (Å²) in [5.41, 5.74) is 0. The van der Waals surface area contributed by atoms with Crippen LogP contribution in [0.25, 0.3) is 0 Å². The lowest BCUT2D eigenvalue weighted by Crippen LogP contribution is -2.64. The highest BCUT2D eigenvalue weighted by molar-refractivity contribution is 7.47. The van der Waals surface area contributed by atoms with Gasteiger partial charge < -0.3 is 39.9 Å². The Balaban J connectivity index is 2.38. The fourth-order valence-corrected chi connectivity index (χ4v) is 8.21. The van der Waals surface area contributed by atoms with E-state index in [1.165, 1.54) is 57.8 Å². The monoisotopic (exact) mass is 951 g/mol.